The first-order chi connectivity index (χ1) is 6.43. The standard InChI is InChI=1S/C11H16ClN/c12-8-4-5-9-13-10-11-6-2-1-3-7-11/h1-3,6-7,13H,4-5,8-10H2. The van der Waals surface area contributed by atoms with Crippen LogP contribution in [0.1, 0.15) is 18.4 Å². The number of benzene rings is 1. The molecule has 0 amide bonds. The van der Waals surface area contributed by atoms with Crippen LogP contribution in [0.15, 0.2) is 30.3 Å². The number of hydrogen-bond donors (Lipinski definition) is 1. The Kier molecular flexibility index (Phi) is 5.62. The summed E-state index contributed by atoms with van der Waals surface area (Å²) in [5.41, 5.74) is 1.34. The average Bonchev–Trinajstić information content (AvgIpc) is 2.19. The topological polar surface area (TPSA) is 12.0 Å². The first-order valence-corrected chi connectivity index (χ1v) is 5.27. The fourth-order valence-corrected chi connectivity index (χ4v) is 1.36. The van der Waals surface area contributed by atoms with Crippen molar-refractivity contribution in [1.82, 2.24) is 5.32 Å². The Morgan fingerprint density at radius 1 is 1.08 bits per heavy atom. The summed E-state index contributed by atoms with van der Waals surface area (Å²) in [4.78, 5) is 0. The summed E-state index contributed by atoms with van der Waals surface area (Å²) < 4.78 is 0. The van der Waals surface area contributed by atoms with Gasteiger partial charge >= 0.3 is 0 Å². The Balaban J connectivity index is 2.07. The van der Waals surface area contributed by atoms with Crippen LogP contribution in [-0.4, -0.2) is 12.4 Å². The minimum atomic E-state index is 0.771. The molecular formula is C11H16ClN. The van der Waals surface area contributed by atoms with Gasteiger partial charge in [0.1, 0.15) is 0 Å². The highest BCUT2D eigenvalue weighted by Crippen LogP contribution is 1.97. The molecule has 1 nitrogen and oxygen atoms in total. The van der Waals surface area contributed by atoms with Crippen molar-refractivity contribution < 1.29 is 0 Å². The Morgan fingerprint density at radius 2 is 1.85 bits per heavy atom. The van der Waals surface area contributed by atoms with Gasteiger partial charge in [-0.05, 0) is 24.9 Å². The largest absolute Gasteiger partial charge is 0.313 e. The molecule has 0 aromatic heterocycles. The quantitative estimate of drug-likeness (QED) is 0.546. The summed E-state index contributed by atoms with van der Waals surface area (Å²) >= 11 is 5.57. The number of rotatable bonds is 6. The fourth-order valence-electron chi connectivity index (χ4n) is 1.17. The summed E-state index contributed by atoms with van der Waals surface area (Å²) in [5, 5.41) is 3.38. The molecule has 72 valence electrons. The molecule has 0 heterocycles. The molecule has 0 aliphatic rings. The van der Waals surface area contributed by atoms with Gasteiger partial charge in [0.2, 0.25) is 0 Å². The van der Waals surface area contributed by atoms with E-state index in [9.17, 15) is 0 Å². The third-order valence-corrected chi connectivity index (χ3v) is 2.18. The lowest BCUT2D eigenvalue weighted by molar-refractivity contribution is 0.643. The number of halogens is 1. The van der Waals surface area contributed by atoms with Crippen LogP contribution in [0.2, 0.25) is 0 Å². The monoisotopic (exact) mass is 197 g/mol. The van der Waals surface area contributed by atoms with Crippen LogP contribution in [0.4, 0.5) is 0 Å². The van der Waals surface area contributed by atoms with Crippen molar-refractivity contribution in [2.24, 2.45) is 0 Å². The van der Waals surface area contributed by atoms with E-state index in [1.807, 2.05) is 6.07 Å². The third kappa shape index (κ3) is 4.91. The number of unbranched alkanes of at least 4 members (excludes halogenated alkanes) is 1. The van der Waals surface area contributed by atoms with Crippen LogP contribution in [0.5, 0.6) is 0 Å². The maximum atomic E-state index is 5.57. The summed E-state index contributed by atoms with van der Waals surface area (Å²) in [5.74, 6) is 0.771. The minimum Gasteiger partial charge on any atom is -0.313 e. The number of alkyl halides is 1. The molecule has 0 aliphatic heterocycles. The van der Waals surface area contributed by atoms with Crippen molar-refractivity contribution in [3.8, 4) is 0 Å². The Bertz CT molecular complexity index is 211. The van der Waals surface area contributed by atoms with Crippen molar-refractivity contribution >= 4 is 11.6 Å². The summed E-state index contributed by atoms with van der Waals surface area (Å²) in [6, 6.07) is 10.4. The second-order valence-corrected chi connectivity index (χ2v) is 3.44. The molecule has 0 aliphatic carbocycles. The van der Waals surface area contributed by atoms with E-state index < -0.39 is 0 Å². The third-order valence-electron chi connectivity index (χ3n) is 1.91. The van der Waals surface area contributed by atoms with Crippen LogP contribution < -0.4 is 5.32 Å². The van der Waals surface area contributed by atoms with E-state index in [0.717, 1.165) is 31.8 Å². The van der Waals surface area contributed by atoms with Gasteiger partial charge < -0.3 is 5.32 Å². The first kappa shape index (κ1) is 10.6. The molecule has 0 unspecified atom stereocenters. The van der Waals surface area contributed by atoms with E-state index in [2.05, 4.69) is 29.6 Å². The van der Waals surface area contributed by atoms with Gasteiger partial charge in [-0.2, -0.15) is 0 Å². The molecule has 0 bridgehead atoms. The van der Waals surface area contributed by atoms with Crippen molar-refractivity contribution in [1.29, 1.82) is 0 Å². The van der Waals surface area contributed by atoms with Gasteiger partial charge in [-0.15, -0.1) is 11.6 Å². The predicted octanol–water partition coefficient (Wildman–Crippen LogP) is 2.80. The highest BCUT2D eigenvalue weighted by Gasteiger charge is 1.90. The molecule has 1 rings (SSSR count). The number of nitrogens with one attached hydrogen (secondary N) is 1. The van der Waals surface area contributed by atoms with Gasteiger partial charge in [-0.25, -0.2) is 0 Å². The normalized spacial score (nSPS) is 10.2. The SMILES string of the molecule is ClCCCCNCc1ccccc1. The molecule has 0 saturated carbocycles. The lowest BCUT2D eigenvalue weighted by atomic mass is 10.2. The smallest absolute Gasteiger partial charge is 0.0223 e. The van der Waals surface area contributed by atoms with Crippen LogP contribution >= 0.6 is 11.6 Å². The van der Waals surface area contributed by atoms with Gasteiger partial charge in [-0.1, -0.05) is 30.3 Å². The van der Waals surface area contributed by atoms with Crippen molar-refractivity contribution in [2.75, 3.05) is 12.4 Å². The zero-order valence-corrected chi connectivity index (χ0v) is 8.56. The van der Waals surface area contributed by atoms with Gasteiger partial charge in [0.15, 0.2) is 0 Å². The molecule has 0 saturated heterocycles. The summed E-state index contributed by atoms with van der Waals surface area (Å²) in [6.07, 6.45) is 2.26. The zero-order valence-electron chi connectivity index (χ0n) is 7.80. The van der Waals surface area contributed by atoms with Gasteiger partial charge in [0.05, 0.1) is 0 Å². The maximum Gasteiger partial charge on any atom is 0.0223 e. The molecule has 2 heteroatoms. The second kappa shape index (κ2) is 6.93. The first-order valence-electron chi connectivity index (χ1n) is 4.74. The average molecular weight is 198 g/mol. The van der Waals surface area contributed by atoms with Gasteiger partial charge in [0, 0.05) is 12.4 Å². The van der Waals surface area contributed by atoms with Crippen molar-refractivity contribution in [2.45, 2.75) is 19.4 Å². The van der Waals surface area contributed by atoms with Crippen LogP contribution in [-0.2, 0) is 6.54 Å². The van der Waals surface area contributed by atoms with Crippen molar-refractivity contribution in [3.05, 3.63) is 35.9 Å². The fraction of sp³-hybridized carbons (Fsp3) is 0.455. The van der Waals surface area contributed by atoms with E-state index in [4.69, 9.17) is 11.6 Å². The van der Waals surface area contributed by atoms with E-state index >= 15 is 0 Å². The Labute approximate surface area is 85.1 Å². The zero-order chi connectivity index (χ0) is 9.36. The lowest BCUT2D eigenvalue weighted by Gasteiger charge is -2.03. The molecular weight excluding hydrogens is 182 g/mol. The van der Waals surface area contributed by atoms with Crippen LogP contribution in [0, 0.1) is 0 Å². The highest BCUT2D eigenvalue weighted by molar-refractivity contribution is 6.17. The second-order valence-electron chi connectivity index (χ2n) is 3.06. The van der Waals surface area contributed by atoms with Crippen LogP contribution in [0.3, 0.4) is 0 Å². The Morgan fingerprint density at radius 3 is 2.54 bits per heavy atom. The minimum absolute atomic E-state index is 0.771. The lowest BCUT2D eigenvalue weighted by Crippen LogP contribution is -2.14. The van der Waals surface area contributed by atoms with Crippen LogP contribution in [0.25, 0.3) is 0 Å². The number of hydrogen-bond acceptors (Lipinski definition) is 1. The van der Waals surface area contributed by atoms with Crippen molar-refractivity contribution in [3.63, 3.8) is 0 Å². The van der Waals surface area contributed by atoms with Gasteiger partial charge in [0.25, 0.3) is 0 Å². The summed E-state index contributed by atoms with van der Waals surface area (Å²) in [7, 11) is 0. The summed E-state index contributed by atoms with van der Waals surface area (Å²) in [6.45, 7) is 2.02. The molecule has 1 aromatic carbocycles. The van der Waals surface area contributed by atoms with E-state index in [-0.39, 0.29) is 0 Å². The maximum absolute atomic E-state index is 5.57. The molecule has 1 aromatic rings. The Hall–Kier alpha value is -0.530. The molecule has 1 N–H and O–H groups in total. The molecule has 0 atom stereocenters. The van der Waals surface area contributed by atoms with E-state index in [1.165, 1.54) is 5.56 Å². The molecule has 0 spiro atoms. The molecule has 13 heavy (non-hydrogen) atoms. The highest BCUT2D eigenvalue weighted by atomic mass is 35.5. The van der Waals surface area contributed by atoms with Gasteiger partial charge in [-0.3, -0.25) is 0 Å². The van der Waals surface area contributed by atoms with E-state index in [1.54, 1.807) is 0 Å². The molecule has 0 radical (unpaired) electrons. The molecule has 0 fully saturated rings. The van der Waals surface area contributed by atoms with E-state index in [0.29, 0.717) is 0 Å². The predicted molar refractivity (Wildman–Crippen MR) is 58.1 cm³/mol.